The van der Waals surface area contributed by atoms with Crippen molar-refractivity contribution in [3.63, 3.8) is 0 Å². The number of nitrogens with two attached hydrogens (primary N) is 1. The lowest BCUT2D eigenvalue weighted by Gasteiger charge is -2.52. The Morgan fingerprint density at radius 3 is 1.64 bits per heavy atom. The van der Waals surface area contributed by atoms with Crippen molar-refractivity contribution < 1.29 is 14.3 Å². The number of piperidine rings is 1. The number of benzene rings is 3. The maximum Gasteiger partial charge on any atom is 0.240 e. The first kappa shape index (κ1) is 51.3. The molecule has 7 heteroatoms. The smallest absolute Gasteiger partial charge is 0.240 e. The van der Waals surface area contributed by atoms with Crippen molar-refractivity contribution in [2.24, 2.45) is 23.5 Å². The van der Waals surface area contributed by atoms with Gasteiger partial charge in [-0.2, -0.15) is 0 Å². The zero-order chi connectivity index (χ0) is 45.5. The van der Waals surface area contributed by atoms with Crippen molar-refractivity contribution in [1.82, 2.24) is 15.5 Å². The van der Waals surface area contributed by atoms with Crippen LogP contribution in [0.1, 0.15) is 197 Å². The van der Waals surface area contributed by atoms with Crippen LogP contribution in [-0.4, -0.2) is 55.0 Å². The van der Waals surface area contributed by atoms with Crippen LogP contribution < -0.4 is 21.1 Å². The van der Waals surface area contributed by atoms with Gasteiger partial charge < -0.3 is 21.1 Å². The van der Waals surface area contributed by atoms with Crippen molar-refractivity contribution in [3.8, 4) is 5.75 Å². The van der Waals surface area contributed by atoms with Gasteiger partial charge in [0.1, 0.15) is 11.8 Å². The Labute approximate surface area is 389 Å². The molecule has 3 aromatic rings. The molecule has 0 spiro atoms. The normalized spacial score (nSPS) is 23.5. The molecule has 2 unspecified atom stereocenters. The van der Waals surface area contributed by atoms with Gasteiger partial charge in [-0.05, 0) is 66.3 Å². The number of ether oxygens (including phenoxy) is 1. The first-order chi connectivity index (χ1) is 31.2. The molecule has 0 radical (unpaired) electrons. The quantitative estimate of drug-likeness (QED) is 0.159. The average Bonchev–Trinajstić information content (AvgIpc) is 3.29. The number of methoxy groups -OCH3 is 1. The number of carbonyl (C=O) groups excluding carboxylic acids is 2. The summed E-state index contributed by atoms with van der Waals surface area (Å²) in [5.41, 5.74) is 11.0. The average molecular weight is 877 g/mol. The van der Waals surface area contributed by atoms with E-state index >= 15 is 4.79 Å². The number of fused-ring (bicyclic) bond motifs is 3. The van der Waals surface area contributed by atoms with Crippen molar-refractivity contribution >= 4 is 11.8 Å². The highest BCUT2D eigenvalue weighted by Crippen LogP contribution is 2.42. The maximum absolute atomic E-state index is 15.1. The zero-order valence-corrected chi connectivity index (χ0v) is 40.8. The second kappa shape index (κ2) is 28.4. The van der Waals surface area contributed by atoms with E-state index < -0.39 is 11.9 Å². The number of hydrogen-bond donors (Lipinski definition) is 3. The summed E-state index contributed by atoms with van der Waals surface area (Å²) >= 11 is 0. The molecule has 2 aliphatic heterocycles. The molecule has 0 aromatic heterocycles. The van der Waals surface area contributed by atoms with Gasteiger partial charge in [-0.25, -0.2) is 0 Å². The van der Waals surface area contributed by atoms with Crippen LogP contribution in [-0.2, 0) is 16.1 Å². The fourth-order valence-electron chi connectivity index (χ4n) is 11.0. The Morgan fingerprint density at radius 2 is 1.17 bits per heavy atom. The van der Waals surface area contributed by atoms with E-state index in [1.54, 1.807) is 7.11 Å². The Balaban J connectivity index is 1.60. The molecule has 0 aliphatic carbocycles. The van der Waals surface area contributed by atoms with Gasteiger partial charge >= 0.3 is 0 Å². The number of nitrogens with zero attached hydrogens (tertiary/aromatic N) is 1. The molecule has 2 bridgehead atoms. The summed E-state index contributed by atoms with van der Waals surface area (Å²) in [5, 5.41) is 7.51. The van der Waals surface area contributed by atoms with Crippen molar-refractivity contribution in [2.75, 3.05) is 20.2 Å². The van der Waals surface area contributed by atoms with Gasteiger partial charge in [0.15, 0.2) is 0 Å². The molecule has 354 valence electrons. The second-order valence-corrected chi connectivity index (χ2v) is 20.3. The molecule has 0 saturated carbocycles. The lowest BCUT2D eigenvalue weighted by atomic mass is 9.68. The largest absolute Gasteiger partial charge is 0.496 e. The van der Waals surface area contributed by atoms with Crippen LogP contribution in [0.2, 0.25) is 0 Å². The summed E-state index contributed by atoms with van der Waals surface area (Å²) in [6.07, 6.45) is 26.0. The number of amides is 2. The summed E-state index contributed by atoms with van der Waals surface area (Å²) in [6, 6.07) is 28.1. The summed E-state index contributed by atoms with van der Waals surface area (Å²) in [5.74, 6) is 0.784. The summed E-state index contributed by atoms with van der Waals surface area (Å²) in [6.45, 7) is 10.8. The van der Waals surface area contributed by atoms with Gasteiger partial charge in [-0.1, -0.05) is 216 Å². The van der Waals surface area contributed by atoms with E-state index in [1.807, 2.05) is 0 Å². The number of rotatable bonds is 13. The van der Waals surface area contributed by atoms with Gasteiger partial charge in [0.25, 0.3) is 0 Å². The Kier molecular flexibility index (Phi) is 22.7. The highest BCUT2D eigenvalue weighted by atomic mass is 16.5. The minimum Gasteiger partial charge on any atom is -0.496 e. The molecule has 4 N–H and O–H groups in total. The van der Waals surface area contributed by atoms with Crippen LogP contribution in [0, 0.1) is 17.8 Å². The molecule has 3 aromatic carbocycles. The van der Waals surface area contributed by atoms with Gasteiger partial charge in [0.05, 0.1) is 13.0 Å². The van der Waals surface area contributed by atoms with Crippen LogP contribution in [0.15, 0.2) is 78.9 Å². The van der Waals surface area contributed by atoms with E-state index in [9.17, 15) is 4.79 Å². The monoisotopic (exact) mass is 877 g/mol. The third-order valence-corrected chi connectivity index (χ3v) is 14.5. The third-order valence-electron chi connectivity index (χ3n) is 14.5. The molecule has 5 rings (SSSR count). The zero-order valence-electron chi connectivity index (χ0n) is 40.8. The molecule has 7 nitrogen and oxygen atoms in total. The van der Waals surface area contributed by atoms with E-state index in [2.05, 4.69) is 122 Å². The molecule has 2 amide bonds. The number of primary amides is 1. The summed E-state index contributed by atoms with van der Waals surface area (Å²) in [7, 11) is 1.77. The fourth-order valence-corrected chi connectivity index (χ4v) is 11.0. The van der Waals surface area contributed by atoms with Crippen LogP contribution in [0.3, 0.4) is 0 Å². The first-order valence-corrected chi connectivity index (χ1v) is 26.0. The highest BCUT2D eigenvalue weighted by molar-refractivity contribution is 5.88. The third kappa shape index (κ3) is 16.3. The standard InChI is InChI=1S/C57H88N4O3/c1-43(2)39-51(56(58)62)60-57(63)50-42-61-38-30-22-20-18-16-14-12-10-8-6-7-9-11-13-15-17-19-21-29-35-49(50)54(59-41-48-40-47(44(3)4)36-37-52(48)64-5)55(61)53(45-31-25-23-26-32-45)46-33-27-24-28-34-46/h23-28,31-34,36-37,40,43-44,49-51,53-55,59H,6-22,29-30,35,38-39,41-42H2,1-5H3,(H2,58,62)(H,60,63)/t49-,50-,51?,54-,55-/m0/s1. The minimum atomic E-state index is -0.695. The van der Waals surface area contributed by atoms with Crippen molar-refractivity contribution in [2.45, 2.75) is 199 Å². The van der Waals surface area contributed by atoms with E-state index in [0.717, 1.165) is 43.5 Å². The summed E-state index contributed by atoms with van der Waals surface area (Å²) < 4.78 is 6.02. The number of hydrogen-bond acceptors (Lipinski definition) is 5. The van der Waals surface area contributed by atoms with Gasteiger partial charge in [-0.15, -0.1) is 0 Å². The number of carbonyl (C=O) groups is 2. The molecular formula is C57H88N4O3. The van der Waals surface area contributed by atoms with Crippen LogP contribution in [0.5, 0.6) is 5.75 Å². The molecule has 2 heterocycles. The van der Waals surface area contributed by atoms with Crippen molar-refractivity contribution in [3.05, 3.63) is 101 Å². The van der Waals surface area contributed by atoms with E-state index in [1.165, 1.54) is 119 Å². The predicted octanol–water partition coefficient (Wildman–Crippen LogP) is 12.9. The van der Waals surface area contributed by atoms with Gasteiger partial charge in [-0.3, -0.25) is 14.5 Å². The second-order valence-electron chi connectivity index (χ2n) is 20.3. The first-order valence-electron chi connectivity index (χ1n) is 26.0. The Bertz CT molecular complexity index is 1710. The van der Waals surface area contributed by atoms with Gasteiger partial charge in [0, 0.05) is 36.7 Å². The number of nitrogens with one attached hydrogen (secondary N) is 2. The van der Waals surface area contributed by atoms with Crippen molar-refractivity contribution in [1.29, 1.82) is 0 Å². The van der Waals surface area contributed by atoms with Crippen LogP contribution >= 0.6 is 0 Å². The topological polar surface area (TPSA) is 96.7 Å². The molecule has 2 saturated heterocycles. The molecule has 6 atom stereocenters. The maximum atomic E-state index is 15.1. The van der Waals surface area contributed by atoms with Crippen LogP contribution in [0.25, 0.3) is 0 Å². The Morgan fingerprint density at radius 1 is 0.672 bits per heavy atom. The Hall–Kier alpha value is -3.68. The SMILES string of the molecule is COc1ccc(C(C)C)cc1CN[C@H]1[C@H]2CCCCCCCCCCCCCCCCCCCCCN(C[C@@H]2C(=O)NC(CC(C)C)C(N)=O)[C@H]1C(c1ccccc1)c1ccccc1. The van der Waals surface area contributed by atoms with E-state index in [4.69, 9.17) is 10.5 Å². The minimum absolute atomic E-state index is 0.0255. The molecule has 2 fully saturated rings. The highest BCUT2D eigenvalue weighted by Gasteiger charge is 2.49. The lowest BCUT2D eigenvalue weighted by molar-refractivity contribution is -0.135. The summed E-state index contributed by atoms with van der Waals surface area (Å²) in [4.78, 5) is 30.7. The predicted molar refractivity (Wildman–Crippen MR) is 268 cm³/mol. The van der Waals surface area contributed by atoms with Crippen LogP contribution in [0.4, 0.5) is 0 Å². The molecular weight excluding hydrogens is 789 g/mol. The van der Waals surface area contributed by atoms with Gasteiger partial charge in [0.2, 0.25) is 11.8 Å². The lowest BCUT2D eigenvalue weighted by Crippen LogP contribution is -2.66. The van der Waals surface area contributed by atoms with E-state index in [-0.39, 0.29) is 41.7 Å². The van der Waals surface area contributed by atoms with E-state index in [0.29, 0.717) is 25.4 Å². The molecule has 2 aliphatic rings. The molecule has 64 heavy (non-hydrogen) atoms. The fraction of sp³-hybridized carbons (Fsp3) is 0.649.